The Bertz CT molecular complexity index is 75.8. The molecular weight excluding hydrogens is 132 g/mol. The van der Waals surface area contributed by atoms with Crippen molar-refractivity contribution in [1.82, 2.24) is 5.01 Å². The maximum absolute atomic E-state index is 8.83. The fourth-order valence-electron chi connectivity index (χ4n) is 0.753. The van der Waals surface area contributed by atoms with Crippen LogP contribution in [0, 0.1) is 0 Å². The van der Waals surface area contributed by atoms with Gasteiger partial charge in [0.2, 0.25) is 0 Å². The highest BCUT2D eigenvalue weighted by Gasteiger charge is 2.05. The van der Waals surface area contributed by atoms with Crippen molar-refractivity contribution >= 4 is 0 Å². The first-order valence-electron chi connectivity index (χ1n) is 3.38. The summed E-state index contributed by atoms with van der Waals surface area (Å²) >= 11 is 0. The summed E-state index contributed by atoms with van der Waals surface area (Å²) < 4.78 is 0. The van der Waals surface area contributed by atoms with E-state index in [0.29, 0.717) is 13.1 Å². The molecule has 4 nitrogen and oxygen atoms in total. The second-order valence-corrected chi connectivity index (χ2v) is 2.65. The standard InChI is InChI=1S/C6H16N2O2/c1-5(9)3-8(7)4-6(2)10/h5-6,9-10H,3-4,7H2,1-2H3. The van der Waals surface area contributed by atoms with Crippen molar-refractivity contribution in [2.75, 3.05) is 13.1 Å². The molecule has 0 saturated carbocycles. The van der Waals surface area contributed by atoms with E-state index in [2.05, 4.69) is 0 Å². The maximum Gasteiger partial charge on any atom is 0.0653 e. The molecule has 0 heterocycles. The predicted octanol–water partition coefficient (Wildman–Crippen LogP) is -1.08. The Morgan fingerprint density at radius 1 is 1.20 bits per heavy atom. The van der Waals surface area contributed by atoms with Crippen molar-refractivity contribution in [2.24, 2.45) is 5.84 Å². The van der Waals surface area contributed by atoms with Gasteiger partial charge in [0.25, 0.3) is 0 Å². The molecule has 0 aromatic heterocycles. The van der Waals surface area contributed by atoms with Crippen molar-refractivity contribution in [2.45, 2.75) is 26.1 Å². The van der Waals surface area contributed by atoms with Crippen molar-refractivity contribution in [1.29, 1.82) is 0 Å². The quantitative estimate of drug-likeness (QED) is 0.350. The normalized spacial score (nSPS) is 17.4. The molecule has 0 amide bonds. The van der Waals surface area contributed by atoms with Crippen LogP contribution in [0.25, 0.3) is 0 Å². The number of aliphatic hydroxyl groups excluding tert-OH is 2. The molecule has 0 radical (unpaired) electrons. The molecule has 0 spiro atoms. The van der Waals surface area contributed by atoms with Gasteiger partial charge in [-0.05, 0) is 13.8 Å². The summed E-state index contributed by atoms with van der Waals surface area (Å²) in [4.78, 5) is 0. The van der Waals surface area contributed by atoms with Gasteiger partial charge in [-0.15, -0.1) is 0 Å². The Morgan fingerprint density at radius 3 is 1.70 bits per heavy atom. The van der Waals surface area contributed by atoms with E-state index in [4.69, 9.17) is 16.1 Å². The third kappa shape index (κ3) is 5.97. The van der Waals surface area contributed by atoms with Crippen LogP contribution in [0.4, 0.5) is 0 Å². The van der Waals surface area contributed by atoms with Crippen LogP contribution in [0.5, 0.6) is 0 Å². The molecule has 62 valence electrons. The van der Waals surface area contributed by atoms with E-state index >= 15 is 0 Å². The van der Waals surface area contributed by atoms with Crippen LogP contribution in [-0.4, -0.2) is 40.5 Å². The zero-order valence-corrected chi connectivity index (χ0v) is 6.49. The molecule has 2 atom stereocenters. The Hall–Kier alpha value is -0.160. The monoisotopic (exact) mass is 148 g/mol. The molecule has 0 aliphatic carbocycles. The van der Waals surface area contributed by atoms with Gasteiger partial charge in [0.15, 0.2) is 0 Å². The summed E-state index contributed by atoms with van der Waals surface area (Å²) in [6.07, 6.45) is -0.882. The zero-order valence-electron chi connectivity index (χ0n) is 6.49. The minimum atomic E-state index is -0.441. The molecule has 2 unspecified atom stereocenters. The summed E-state index contributed by atoms with van der Waals surface area (Å²) in [5, 5.41) is 19.1. The first-order valence-corrected chi connectivity index (χ1v) is 3.38. The molecule has 10 heavy (non-hydrogen) atoms. The molecule has 0 aliphatic heterocycles. The number of hydrogen-bond acceptors (Lipinski definition) is 4. The molecule has 0 aromatic carbocycles. The first-order chi connectivity index (χ1) is 4.52. The van der Waals surface area contributed by atoms with E-state index in [0.717, 1.165) is 0 Å². The number of nitrogens with zero attached hydrogens (tertiary/aromatic N) is 1. The van der Waals surface area contributed by atoms with E-state index in [1.54, 1.807) is 13.8 Å². The van der Waals surface area contributed by atoms with Gasteiger partial charge in [0, 0.05) is 13.1 Å². The fraction of sp³-hybridized carbons (Fsp3) is 1.00. The maximum atomic E-state index is 8.83. The summed E-state index contributed by atoms with van der Waals surface area (Å²) in [5.41, 5.74) is 0. The number of rotatable bonds is 4. The number of hydrogen-bond donors (Lipinski definition) is 3. The van der Waals surface area contributed by atoms with Crippen molar-refractivity contribution in [3.8, 4) is 0 Å². The van der Waals surface area contributed by atoms with Gasteiger partial charge in [0.1, 0.15) is 0 Å². The lowest BCUT2D eigenvalue weighted by atomic mass is 10.3. The topological polar surface area (TPSA) is 69.7 Å². The highest BCUT2D eigenvalue weighted by Crippen LogP contribution is 1.87. The van der Waals surface area contributed by atoms with E-state index in [1.165, 1.54) is 5.01 Å². The molecular formula is C6H16N2O2. The second kappa shape index (κ2) is 4.62. The molecule has 0 fully saturated rings. The van der Waals surface area contributed by atoms with Crippen LogP contribution < -0.4 is 5.84 Å². The van der Waals surface area contributed by atoms with E-state index in [1.807, 2.05) is 0 Å². The van der Waals surface area contributed by atoms with Gasteiger partial charge in [-0.25, -0.2) is 5.01 Å². The van der Waals surface area contributed by atoms with Crippen molar-refractivity contribution < 1.29 is 10.2 Å². The third-order valence-corrected chi connectivity index (χ3v) is 0.997. The van der Waals surface area contributed by atoms with Gasteiger partial charge in [-0.2, -0.15) is 0 Å². The minimum Gasteiger partial charge on any atom is -0.392 e. The molecule has 4 N–H and O–H groups in total. The van der Waals surface area contributed by atoms with Gasteiger partial charge in [-0.1, -0.05) is 0 Å². The molecule has 0 aromatic rings. The lowest BCUT2D eigenvalue weighted by Crippen LogP contribution is -2.41. The van der Waals surface area contributed by atoms with E-state index < -0.39 is 12.2 Å². The zero-order chi connectivity index (χ0) is 8.15. The molecule has 0 bridgehead atoms. The van der Waals surface area contributed by atoms with Crippen LogP contribution >= 0.6 is 0 Å². The van der Waals surface area contributed by atoms with E-state index in [-0.39, 0.29) is 0 Å². The fourth-order valence-corrected chi connectivity index (χ4v) is 0.753. The predicted molar refractivity (Wildman–Crippen MR) is 39.1 cm³/mol. The lowest BCUT2D eigenvalue weighted by Gasteiger charge is -2.18. The summed E-state index contributed by atoms with van der Waals surface area (Å²) in [5.74, 6) is 5.39. The van der Waals surface area contributed by atoms with Crippen LogP contribution in [0.1, 0.15) is 13.8 Å². The SMILES string of the molecule is CC(O)CN(N)CC(C)O. The first kappa shape index (κ1) is 9.84. The van der Waals surface area contributed by atoms with Crippen LogP contribution in [0.2, 0.25) is 0 Å². The van der Waals surface area contributed by atoms with Gasteiger partial charge >= 0.3 is 0 Å². The molecule has 0 aliphatic rings. The van der Waals surface area contributed by atoms with E-state index in [9.17, 15) is 0 Å². The Labute approximate surface area is 61.2 Å². The smallest absolute Gasteiger partial charge is 0.0653 e. The molecule has 4 heteroatoms. The number of aliphatic hydroxyl groups is 2. The Kier molecular flexibility index (Phi) is 4.55. The average molecular weight is 148 g/mol. The highest BCUT2D eigenvalue weighted by molar-refractivity contribution is 4.56. The third-order valence-electron chi connectivity index (χ3n) is 0.997. The molecule has 0 rings (SSSR count). The van der Waals surface area contributed by atoms with Gasteiger partial charge in [-0.3, -0.25) is 5.84 Å². The Morgan fingerprint density at radius 2 is 1.50 bits per heavy atom. The lowest BCUT2D eigenvalue weighted by molar-refractivity contribution is 0.0841. The number of hydrazine groups is 1. The summed E-state index contributed by atoms with van der Waals surface area (Å²) in [6.45, 7) is 4.10. The van der Waals surface area contributed by atoms with Crippen molar-refractivity contribution in [3.05, 3.63) is 0 Å². The van der Waals surface area contributed by atoms with Crippen LogP contribution in [0.3, 0.4) is 0 Å². The molecule has 0 saturated heterocycles. The van der Waals surface area contributed by atoms with Crippen LogP contribution in [0.15, 0.2) is 0 Å². The Balaban J connectivity index is 3.34. The van der Waals surface area contributed by atoms with Gasteiger partial charge < -0.3 is 10.2 Å². The highest BCUT2D eigenvalue weighted by atomic mass is 16.3. The van der Waals surface area contributed by atoms with Crippen molar-refractivity contribution in [3.63, 3.8) is 0 Å². The second-order valence-electron chi connectivity index (χ2n) is 2.65. The largest absolute Gasteiger partial charge is 0.392 e. The minimum absolute atomic E-state index is 0.394. The number of nitrogens with two attached hydrogens (primary N) is 1. The van der Waals surface area contributed by atoms with Crippen LogP contribution in [-0.2, 0) is 0 Å². The summed E-state index contributed by atoms with van der Waals surface area (Å²) in [7, 11) is 0. The average Bonchev–Trinajstić information content (AvgIpc) is 1.58. The van der Waals surface area contributed by atoms with Gasteiger partial charge in [0.05, 0.1) is 12.2 Å². The summed E-state index contributed by atoms with van der Waals surface area (Å²) in [6, 6.07) is 0.